The molecule has 0 aliphatic heterocycles. The highest BCUT2D eigenvalue weighted by molar-refractivity contribution is 5.69. The highest BCUT2D eigenvalue weighted by atomic mass is 16.5. The Morgan fingerprint density at radius 1 is 1.29 bits per heavy atom. The third kappa shape index (κ3) is 7.14. The lowest BCUT2D eigenvalue weighted by Gasteiger charge is -2.22. The first-order valence-corrected chi connectivity index (χ1v) is 7.52. The molecule has 21 heavy (non-hydrogen) atoms. The number of aliphatic carboxylic acids is 1. The third-order valence-electron chi connectivity index (χ3n) is 3.35. The van der Waals surface area contributed by atoms with E-state index in [2.05, 4.69) is 33.8 Å². The van der Waals surface area contributed by atoms with Crippen LogP contribution in [0.3, 0.4) is 0 Å². The van der Waals surface area contributed by atoms with Gasteiger partial charge in [-0.1, -0.05) is 19.9 Å². The molecule has 0 atom stereocenters. The summed E-state index contributed by atoms with van der Waals surface area (Å²) in [5.74, 6) is 0.572. The van der Waals surface area contributed by atoms with E-state index in [-0.39, 0.29) is 6.54 Å². The van der Waals surface area contributed by atoms with Crippen molar-refractivity contribution in [3.8, 4) is 5.75 Å². The van der Waals surface area contributed by atoms with Crippen LogP contribution in [0.25, 0.3) is 0 Å². The van der Waals surface area contributed by atoms with Crippen LogP contribution in [0, 0.1) is 19.8 Å². The molecule has 0 unspecified atom stereocenters. The normalized spacial score (nSPS) is 11.1. The minimum Gasteiger partial charge on any atom is -0.494 e. The minimum atomic E-state index is -0.772. The Hall–Kier alpha value is -1.55. The first-order valence-electron chi connectivity index (χ1n) is 7.52. The highest BCUT2D eigenvalue weighted by Gasteiger charge is 2.11. The Bertz CT molecular complexity index is 457. The fraction of sp³-hybridized carbons (Fsp3) is 0.588. The summed E-state index contributed by atoms with van der Waals surface area (Å²) in [5.41, 5.74) is 2.48. The number of carboxylic acids is 1. The molecule has 118 valence electrons. The van der Waals surface area contributed by atoms with E-state index in [0.717, 1.165) is 25.3 Å². The van der Waals surface area contributed by atoms with E-state index in [9.17, 15) is 4.79 Å². The number of carbonyl (C=O) groups is 1. The number of hydrogen-bond acceptors (Lipinski definition) is 3. The van der Waals surface area contributed by atoms with E-state index >= 15 is 0 Å². The largest absolute Gasteiger partial charge is 0.494 e. The quantitative estimate of drug-likeness (QED) is 0.711. The van der Waals surface area contributed by atoms with Crippen LogP contribution in [0.1, 0.15) is 31.4 Å². The topological polar surface area (TPSA) is 49.8 Å². The van der Waals surface area contributed by atoms with Crippen molar-refractivity contribution in [1.29, 1.82) is 0 Å². The molecule has 0 fully saturated rings. The highest BCUT2D eigenvalue weighted by Crippen LogP contribution is 2.16. The summed E-state index contributed by atoms with van der Waals surface area (Å²) in [6.07, 6.45) is 0.826. The van der Waals surface area contributed by atoms with Gasteiger partial charge in [-0.05, 0) is 49.4 Å². The molecule has 0 saturated carbocycles. The van der Waals surface area contributed by atoms with Crippen molar-refractivity contribution in [2.24, 2.45) is 5.92 Å². The van der Waals surface area contributed by atoms with Crippen LogP contribution in [-0.2, 0) is 4.79 Å². The van der Waals surface area contributed by atoms with Gasteiger partial charge in [-0.2, -0.15) is 0 Å². The molecule has 0 aromatic heterocycles. The summed E-state index contributed by atoms with van der Waals surface area (Å²) in [6, 6.07) is 6.07. The third-order valence-corrected chi connectivity index (χ3v) is 3.35. The number of hydrogen-bond donors (Lipinski definition) is 1. The van der Waals surface area contributed by atoms with Crippen molar-refractivity contribution in [2.75, 3.05) is 26.2 Å². The zero-order chi connectivity index (χ0) is 15.8. The molecule has 0 amide bonds. The number of nitrogens with zero attached hydrogens (tertiary/aromatic N) is 1. The fourth-order valence-electron chi connectivity index (χ4n) is 2.22. The van der Waals surface area contributed by atoms with Crippen molar-refractivity contribution < 1.29 is 14.6 Å². The molecule has 0 saturated heterocycles. The first-order chi connectivity index (χ1) is 9.88. The standard InChI is InChI=1S/C17H27NO3/c1-13(2)11-18(12-17(19)20)8-5-9-21-16-7-6-14(3)15(4)10-16/h6-7,10,13H,5,8-9,11-12H2,1-4H3,(H,19,20). The van der Waals surface area contributed by atoms with Crippen molar-refractivity contribution in [3.63, 3.8) is 0 Å². The first kappa shape index (κ1) is 17.5. The molecule has 1 N–H and O–H groups in total. The van der Waals surface area contributed by atoms with Gasteiger partial charge in [-0.3, -0.25) is 9.69 Å². The molecule has 0 spiro atoms. The molecule has 0 aliphatic carbocycles. The summed E-state index contributed by atoms with van der Waals surface area (Å²) in [5, 5.41) is 8.91. The van der Waals surface area contributed by atoms with Crippen molar-refractivity contribution in [1.82, 2.24) is 4.90 Å². The van der Waals surface area contributed by atoms with Crippen LogP contribution < -0.4 is 4.74 Å². The average molecular weight is 293 g/mol. The molecule has 0 heterocycles. The van der Waals surface area contributed by atoms with Gasteiger partial charge in [0.2, 0.25) is 0 Å². The maximum absolute atomic E-state index is 10.8. The van der Waals surface area contributed by atoms with Crippen LogP contribution in [0.4, 0.5) is 0 Å². The lowest BCUT2D eigenvalue weighted by molar-refractivity contribution is -0.138. The van der Waals surface area contributed by atoms with E-state index in [0.29, 0.717) is 12.5 Å². The Kier molecular flexibility index (Phi) is 7.23. The molecule has 0 radical (unpaired) electrons. The smallest absolute Gasteiger partial charge is 0.317 e. The second kappa shape index (κ2) is 8.67. The lowest BCUT2D eigenvalue weighted by atomic mass is 10.1. The fourth-order valence-corrected chi connectivity index (χ4v) is 2.22. The van der Waals surface area contributed by atoms with Gasteiger partial charge in [0.1, 0.15) is 5.75 Å². The summed E-state index contributed by atoms with van der Waals surface area (Å²) < 4.78 is 5.73. The van der Waals surface area contributed by atoms with Crippen LogP contribution in [-0.4, -0.2) is 42.2 Å². The predicted molar refractivity (Wildman–Crippen MR) is 84.9 cm³/mol. The van der Waals surface area contributed by atoms with E-state index in [1.165, 1.54) is 11.1 Å². The Labute approximate surface area is 127 Å². The van der Waals surface area contributed by atoms with E-state index in [4.69, 9.17) is 9.84 Å². The van der Waals surface area contributed by atoms with Gasteiger partial charge in [0, 0.05) is 13.1 Å². The molecule has 1 rings (SSSR count). The lowest BCUT2D eigenvalue weighted by Crippen LogP contribution is -2.34. The second-order valence-corrected chi connectivity index (χ2v) is 5.97. The molecule has 1 aromatic carbocycles. The molecule has 4 nitrogen and oxygen atoms in total. The zero-order valence-corrected chi connectivity index (χ0v) is 13.6. The van der Waals surface area contributed by atoms with Gasteiger partial charge >= 0.3 is 5.97 Å². The summed E-state index contributed by atoms with van der Waals surface area (Å²) in [6.45, 7) is 10.6. The maximum atomic E-state index is 10.8. The number of aryl methyl sites for hydroxylation is 2. The Morgan fingerprint density at radius 2 is 2.00 bits per heavy atom. The van der Waals surface area contributed by atoms with Crippen molar-refractivity contribution in [3.05, 3.63) is 29.3 Å². The van der Waals surface area contributed by atoms with Crippen LogP contribution >= 0.6 is 0 Å². The second-order valence-electron chi connectivity index (χ2n) is 5.97. The van der Waals surface area contributed by atoms with Gasteiger partial charge in [0.05, 0.1) is 13.2 Å². The van der Waals surface area contributed by atoms with Crippen LogP contribution in [0.5, 0.6) is 5.75 Å². The van der Waals surface area contributed by atoms with Crippen molar-refractivity contribution >= 4 is 5.97 Å². The number of benzene rings is 1. The van der Waals surface area contributed by atoms with Crippen LogP contribution in [0.15, 0.2) is 18.2 Å². The number of rotatable bonds is 9. The summed E-state index contributed by atoms with van der Waals surface area (Å²) >= 11 is 0. The molecule has 0 aliphatic rings. The predicted octanol–water partition coefficient (Wildman–Crippen LogP) is 3.11. The van der Waals surface area contributed by atoms with Gasteiger partial charge in [-0.25, -0.2) is 0 Å². The summed E-state index contributed by atoms with van der Waals surface area (Å²) in [7, 11) is 0. The van der Waals surface area contributed by atoms with E-state index in [1.54, 1.807) is 0 Å². The molecular weight excluding hydrogens is 266 g/mol. The molecular formula is C17H27NO3. The van der Waals surface area contributed by atoms with Crippen LogP contribution in [0.2, 0.25) is 0 Å². The summed E-state index contributed by atoms with van der Waals surface area (Å²) in [4.78, 5) is 12.8. The van der Waals surface area contributed by atoms with Crippen molar-refractivity contribution in [2.45, 2.75) is 34.1 Å². The maximum Gasteiger partial charge on any atom is 0.317 e. The molecule has 0 bridgehead atoms. The number of carboxylic acid groups (broad SMARTS) is 1. The SMILES string of the molecule is Cc1ccc(OCCCN(CC(=O)O)CC(C)C)cc1C. The molecule has 1 aromatic rings. The van der Waals surface area contributed by atoms with Gasteiger partial charge in [-0.15, -0.1) is 0 Å². The monoisotopic (exact) mass is 293 g/mol. The van der Waals surface area contributed by atoms with Gasteiger partial charge in [0.15, 0.2) is 0 Å². The number of ether oxygens (including phenoxy) is 1. The van der Waals surface area contributed by atoms with E-state index in [1.807, 2.05) is 17.0 Å². The molecule has 4 heteroatoms. The van der Waals surface area contributed by atoms with Gasteiger partial charge in [0.25, 0.3) is 0 Å². The average Bonchev–Trinajstić information content (AvgIpc) is 2.37. The Morgan fingerprint density at radius 3 is 2.57 bits per heavy atom. The van der Waals surface area contributed by atoms with E-state index < -0.39 is 5.97 Å². The Balaban J connectivity index is 2.36. The zero-order valence-electron chi connectivity index (χ0n) is 13.6. The van der Waals surface area contributed by atoms with Gasteiger partial charge < -0.3 is 9.84 Å². The minimum absolute atomic E-state index is 0.0990.